The van der Waals surface area contributed by atoms with Gasteiger partial charge in [-0.05, 0) is 59.2 Å². The summed E-state index contributed by atoms with van der Waals surface area (Å²) in [6.07, 6.45) is 6.99. The van der Waals surface area contributed by atoms with Gasteiger partial charge in [-0.25, -0.2) is 0 Å². The number of anilines is 1. The number of carbonyl (C=O) groups excluding carboxylic acids is 2. The summed E-state index contributed by atoms with van der Waals surface area (Å²) in [6, 6.07) is 31.5. The van der Waals surface area contributed by atoms with Crippen LogP contribution in [0.2, 0.25) is 0 Å². The van der Waals surface area contributed by atoms with Crippen LogP contribution in [0.15, 0.2) is 103 Å². The fourth-order valence-electron chi connectivity index (χ4n) is 4.71. The number of para-hydroxylation sites is 2. The summed E-state index contributed by atoms with van der Waals surface area (Å²) in [5.41, 5.74) is 6.88. The number of carbonyl (C=O) groups is 2. The Hall–Kier alpha value is -4.44. The van der Waals surface area contributed by atoms with E-state index in [9.17, 15) is 9.59 Å². The van der Waals surface area contributed by atoms with Crippen LogP contribution in [0.25, 0.3) is 6.08 Å². The average molecular weight is 532 g/mol. The van der Waals surface area contributed by atoms with E-state index >= 15 is 0 Å². The zero-order valence-corrected chi connectivity index (χ0v) is 23.4. The highest BCUT2D eigenvalue weighted by Gasteiger charge is 2.12. The number of benzene rings is 4. The van der Waals surface area contributed by atoms with Gasteiger partial charge in [0.2, 0.25) is 5.91 Å². The maximum Gasteiger partial charge on any atom is 0.228 e. The lowest BCUT2D eigenvalue weighted by atomic mass is 10.00. The minimum absolute atomic E-state index is 0.0510. The van der Waals surface area contributed by atoms with Gasteiger partial charge in [-0.2, -0.15) is 0 Å². The molecule has 1 amide bonds. The molecule has 4 rings (SSSR count). The van der Waals surface area contributed by atoms with Gasteiger partial charge in [0.25, 0.3) is 0 Å². The van der Waals surface area contributed by atoms with Crippen molar-refractivity contribution in [3.8, 4) is 5.75 Å². The topological polar surface area (TPSA) is 55.4 Å². The van der Waals surface area contributed by atoms with E-state index in [4.69, 9.17) is 4.74 Å². The molecule has 0 atom stereocenters. The van der Waals surface area contributed by atoms with Gasteiger partial charge in [-0.15, -0.1) is 0 Å². The predicted octanol–water partition coefficient (Wildman–Crippen LogP) is 7.90. The van der Waals surface area contributed by atoms with E-state index < -0.39 is 0 Å². The monoisotopic (exact) mass is 531 g/mol. The smallest absolute Gasteiger partial charge is 0.228 e. The number of nitrogens with one attached hydrogen (secondary N) is 1. The largest absolute Gasteiger partial charge is 0.489 e. The number of amides is 1. The molecule has 0 heterocycles. The molecule has 1 N–H and O–H groups in total. The molecule has 0 radical (unpaired) electrons. The second kappa shape index (κ2) is 14.6. The van der Waals surface area contributed by atoms with Crippen LogP contribution in [-0.4, -0.2) is 18.3 Å². The standard InChI is InChI=1S/C36H37NO3/c1-3-29-16-10-17-30(4-2)36(29)37-35(39)26-28-19-21-31(22-20-28)33(38)24-23-32-15-8-9-18-34(32)40-25-11-14-27-12-6-5-7-13-27/h5-22H,3-4,23-26H2,1-2H3,(H,37,39). The third kappa shape index (κ3) is 8.03. The van der Waals surface area contributed by atoms with E-state index in [2.05, 4.69) is 31.3 Å². The Morgan fingerprint density at radius 2 is 1.40 bits per heavy atom. The Morgan fingerprint density at radius 1 is 0.750 bits per heavy atom. The molecule has 0 bridgehead atoms. The summed E-state index contributed by atoms with van der Waals surface area (Å²) in [5, 5.41) is 3.12. The number of ketones is 1. The third-order valence-electron chi connectivity index (χ3n) is 6.94. The first-order valence-corrected chi connectivity index (χ1v) is 14.0. The van der Waals surface area contributed by atoms with Crippen LogP contribution in [0.5, 0.6) is 5.75 Å². The minimum atomic E-state index is -0.0510. The molecule has 40 heavy (non-hydrogen) atoms. The predicted molar refractivity (Wildman–Crippen MR) is 164 cm³/mol. The van der Waals surface area contributed by atoms with Crippen LogP contribution < -0.4 is 10.1 Å². The van der Waals surface area contributed by atoms with Gasteiger partial charge in [-0.3, -0.25) is 9.59 Å². The van der Waals surface area contributed by atoms with Crippen LogP contribution in [-0.2, 0) is 30.5 Å². The molecule has 0 aliphatic rings. The maximum absolute atomic E-state index is 12.9. The lowest BCUT2D eigenvalue weighted by Gasteiger charge is -2.14. The van der Waals surface area contributed by atoms with Crippen molar-refractivity contribution in [1.82, 2.24) is 0 Å². The first-order valence-electron chi connectivity index (χ1n) is 14.0. The summed E-state index contributed by atoms with van der Waals surface area (Å²) in [5.74, 6) is 0.814. The molecule has 0 aliphatic heterocycles. The molecule has 4 aromatic carbocycles. The number of Topliss-reactive ketones (excluding diaryl/α,β-unsaturated/α-hetero) is 1. The number of rotatable bonds is 13. The van der Waals surface area contributed by atoms with Crippen molar-refractivity contribution in [1.29, 1.82) is 0 Å². The Labute approximate surface area is 237 Å². The average Bonchev–Trinajstić information content (AvgIpc) is 2.99. The summed E-state index contributed by atoms with van der Waals surface area (Å²) < 4.78 is 5.99. The summed E-state index contributed by atoms with van der Waals surface area (Å²) >= 11 is 0. The summed E-state index contributed by atoms with van der Waals surface area (Å²) in [7, 11) is 0. The highest BCUT2D eigenvalue weighted by molar-refractivity contribution is 5.97. The Kier molecular flexibility index (Phi) is 10.5. The zero-order valence-electron chi connectivity index (χ0n) is 23.4. The lowest BCUT2D eigenvalue weighted by molar-refractivity contribution is -0.115. The Morgan fingerprint density at radius 3 is 2.10 bits per heavy atom. The van der Waals surface area contributed by atoms with Crippen molar-refractivity contribution in [2.45, 2.75) is 46.0 Å². The molecule has 0 unspecified atom stereocenters. The van der Waals surface area contributed by atoms with Crippen LogP contribution in [0, 0.1) is 0 Å². The first kappa shape index (κ1) is 28.6. The maximum atomic E-state index is 12.9. The second-order valence-corrected chi connectivity index (χ2v) is 9.74. The molecule has 4 nitrogen and oxygen atoms in total. The van der Waals surface area contributed by atoms with E-state index in [1.807, 2.05) is 97.1 Å². The summed E-state index contributed by atoms with van der Waals surface area (Å²) in [4.78, 5) is 25.7. The quantitative estimate of drug-likeness (QED) is 0.178. The number of hydrogen-bond acceptors (Lipinski definition) is 3. The number of aryl methyl sites for hydroxylation is 3. The normalized spacial score (nSPS) is 10.9. The first-order chi connectivity index (χ1) is 19.6. The Bertz CT molecular complexity index is 1420. The fourth-order valence-corrected chi connectivity index (χ4v) is 4.71. The van der Waals surface area contributed by atoms with Crippen LogP contribution >= 0.6 is 0 Å². The second-order valence-electron chi connectivity index (χ2n) is 9.74. The molecule has 0 aliphatic carbocycles. The fraction of sp³-hybridized carbons (Fsp3) is 0.222. The van der Waals surface area contributed by atoms with Crippen molar-refractivity contribution in [2.75, 3.05) is 11.9 Å². The van der Waals surface area contributed by atoms with Crippen molar-refractivity contribution in [3.05, 3.63) is 137 Å². The Balaban J connectivity index is 1.29. The number of hydrogen-bond donors (Lipinski definition) is 1. The van der Waals surface area contributed by atoms with Gasteiger partial charge in [0.1, 0.15) is 12.4 Å². The van der Waals surface area contributed by atoms with Crippen LogP contribution in [0.3, 0.4) is 0 Å². The van der Waals surface area contributed by atoms with E-state index in [0.29, 0.717) is 25.0 Å². The van der Waals surface area contributed by atoms with E-state index in [-0.39, 0.29) is 18.1 Å². The molecule has 204 valence electrons. The molecule has 0 saturated carbocycles. The van der Waals surface area contributed by atoms with Crippen molar-refractivity contribution in [3.63, 3.8) is 0 Å². The van der Waals surface area contributed by atoms with Crippen LogP contribution in [0.1, 0.15) is 58.4 Å². The molecule has 0 fully saturated rings. The molecule has 0 spiro atoms. The van der Waals surface area contributed by atoms with Gasteiger partial charge in [0, 0.05) is 17.7 Å². The van der Waals surface area contributed by atoms with E-state index in [1.165, 1.54) is 0 Å². The van der Waals surface area contributed by atoms with Gasteiger partial charge in [0.15, 0.2) is 5.78 Å². The minimum Gasteiger partial charge on any atom is -0.489 e. The lowest BCUT2D eigenvalue weighted by Crippen LogP contribution is -2.17. The van der Waals surface area contributed by atoms with E-state index in [1.54, 1.807) is 0 Å². The van der Waals surface area contributed by atoms with E-state index in [0.717, 1.165) is 52.1 Å². The van der Waals surface area contributed by atoms with Crippen LogP contribution in [0.4, 0.5) is 5.69 Å². The highest BCUT2D eigenvalue weighted by atomic mass is 16.5. The van der Waals surface area contributed by atoms with Crippen molar-refractivity contribution in [2.24, 2.45) is 0 Å². The molecular weight excluding hydrogens is 494 g/mol. The molecule has 0 aromatic heterocycles. The third-order valence-corrected chi connectivity index (χ3v) is 6.94. The SMILES string of the molecule is CCc1cccc(CC)c1NC(=O)Cc1ccc(C(=O)CCc2ccccc2OCC=Cc2ccccc2)cc1. The van der Waals surface area contributed by atoms with Gasteiger partial charge < -0.3 is 10.1 Å². The van der Waals surface area contributed by atoms with Gasteiger partial charge in [-0.1, -0.05) is 111 Å². The molecular formula is C36H37NO3. The van der Waals surface area contributed by atoms with Crippen molar-refractivity contribution >= 4 is 23.5 Å². The zero-order chi connectivity index (χ0) is 28.2. The van der Waals surface area contributed by atoms with Crippen molar-refractivity contribution < 1.29 is 14.3 Å². The molecule has 4 heteroatoms. The summed E-state index contributed by atoms with van der Waals surface area (Å²) in [6.45, 7) is 4.64. The van der Waals surface area contributed by atoms with Gasteiger partial charge in [0.05, 0.1) is 6.42 Å². The molecule has 4 aromatic rings. The number of ether oxygens (including phenoxy) is 1. The van der Waals surface area contributed by atoms with Gasteiger partial charge >= 0.3 is 0 Å². The molecule has 0 saturated heterocycles. The highest BCUT2D eigenvalue weighted by Crippen LogP contribution is 2.23.